The number of aromatic nitrogens is 1. The summed E-state index contributed by atoms with van der Waals surface area (Å²) in [5.41, 5.74) is 1.02. The molecule has 0 spiro atoms. The van der Waals surface area contributed by atoms with E-state index < -0.39 is 0 Å². The zero-order valence-corrected chi connectivity index (χ0v) is 15.3. The SMILES string of the molecule is C[C@H](C(=O)OCCCCCCCC[n+]1ccccc1)c1ccccc1. The lowest BCUT2D eigenvalue weighted by molar-refractivity contribution is -0.697. The fraction of sp³-hybridized carbons (Fsp3) is 0.455. The van der Waals surface area contributed by atoms with Gasteiger partial charge in [-0.1, -0.05) is 55.7 Å². The van der Waals surface area contributed by atoms with Crippen LogP contribution in [0.15, 0.2) is 60.9 Å². The Balaban J connectivity index is 1.46. The normalized spacial score (nSPS) is 11.9. The van der Waals surface area contributed by atoms with Gasteiger partial charge in [-0.3, -0.25) is 4.79 Å². The third-order valence-electron chi connectivity index (χ3n) is 4.49. The number of pyridine rings is 1. The van der Waals surface area contributed by atoms with Gasteiger partial charge in [0, 0.05) is 18.6 Å². The Morgan fingerprint density at radius 3 is 2.20 bits per heavy atom. The Labute approximate surface area is 151 Å². The fourth-order valence-corrected chi connectivity index (χ4v) is 2.86. The van der Waals surface area contributed by atoms with Crippen molar-refractivity contribution in [3.8, 4) is 0 Å². The van der Waals surface area contributed by atoms with Gasteiger partial charge in [0.25, 0.3) is 0 Å². The summed E-state index contributed by atoms with van der Waals surface area (Å²) < 4.78 is 7.63. The van der Waals surface area contributed by atoms with E-state index in [1.54, 1.807) is 0 Å². The summed E-state index contributed by atoms with van der Waals surface area (Å²) in [6.45, 7) is 3.54. The quantitative estimate of drug-likeness (QED) is 0.338. The molecule has 134 valence electrons. The minimum atomic E-state index is -0.184. The van der Waals surface area contributed by atoms with E-state index in [-0.39, 0.29) is 11.9 Å². The summed E-state index contributed by atoms with van der Waals surface area (Å²) in [5.74, 6) is -0.303. The van der Waals surface area contributed by atoms with Crippen molar-refractivity contribution in [3.05, 3.63) is 66.5 Å². The number of unbranched alkanes of at least 4 members (excludes halogenated alkanes) is 5. The molecule has 0 aliphatic heterocycles. The predicted octanol–water partition coefficient (Wildman–Crippen LogP) is 4.66. The van der Waals surface area contributed by atoms with Crippen LogP contribution in [0.4, 0.5) is 0 Å². The van der Waals surface area contributed by atoms with Gasteiger partial charge in [-0.25, -0.2) is 4.57 Å². The second-order valence-electron chi connectivity index (χ2n) is 6.53. The molecule has 0 fully saturated rings. The van der Waals surface area contributed by atoms with E-state index in [9.17, 15) is 4.79 Å². The first-order chi connectivity index (χ1) is 12.3. The van der Waals surface area contributed by atoms with E-state index in [2.05, 4.69) is 29.1 Å². The molecular formula is C22H30NO2+. The molecule has 2 rings (SSSR count). The van der Waals surface area contributed by atoms with Crippen LogP contribution < -0.4 is 4.57 Å². The highest BCUT2D eigenvalue weighted by Gasteiger charge is 2.15. The number of ether oxygens (including phenoxy) is 1. The zero-order valence-electron chi connectivity index (χ0n) is 15.3. The number of rotatable bonds is 11. The van der Waals surface area contributed by atoms with Gasteiger partial charge in [0.2, 0.25) is 0 Å². The van der Waals surface area contributed by atoms with Gasteiger partial charge in [0.15, 0.2) is 12.4 Å². The van der Waals surface area contributed by atoms with E-state index >= 15 is 0 Å². The smallest absolute Gasteiger partial charge is 0.313 e. The Bertz CT molecular complexity index is 598. The number of carbonyl (C=O) groups is 1. The molecule has 0 amide bonds. The van der Waals surface area contributed by atoms with Crippen molar-refractivity contribution in [2.45, 2.75) is 57.9 Å². The first-order valence-corrected chi connectivity index (χ1v) is 9.43. The lowest BCUT2D eigenvalue weighted by Crippen LogP contribution is -2.32. The molecule has 1 aromatic heterocycles. The molecule has 0 saturated heterocycles. The zero-order chi connectivity index (χ0) is 17.7. The van der Waals surface area contributed by atoms with Gasteiger partial charge in [0.05, 0.1) is 12.5 Å². The molecule has 0 N–H and O–H groups in total. The number of carbonyl (C=O) groups excluding carboxylic acids is 1. The van der Waals surface area contributed by atoms with Crippen molar-refractivity contribution in [2.24, 2.45) is 0 Å². The first-order valence-electron chi connectivity index (χ1n) is 9.43. The van der Waals surface area contributed by atoms with Crippen molar-refractivity contribution in [2.75, 3.05) is 6.61 Å². The minimum Gasteiger partial charge on any atom is -0.465 e. The predicted molar refractivity (Wildman–Crippen MR) is 100 cm³/mol. The van der Waals surface area contributed by atoms with Gasteiger partial charge in [-0.05, 0) is 25.3 Å². The van der Waals surface area contributed by atoms with Crippen LogP contribution in [0.25, 0.3) is 0 Å². The summed E-state index contributed by atoms with van der Waals surface area (Å²) >= 11 is 0. The monoisotopic (exact) mass is 340 g/mol. The molecule has 1 aromatic carbocycles. The number of nitrogens with zero attached hydrogens (tertiary/aromatic N) is 1. The van der Waals surface area contributed by atoms with Crippen molar-refractivity contribution < 1.29 is 14.1 Å². The highest BCUT2D eigenvalue weighted by atomic mass is 16.5. The molecule has 1 heterocycles. The first kappa shape index (κ1) is 19.2. The third kappa shape index (κ3) is 7.51. The van der Waals surface area contributed by atoms with Crippen molar-refractivity contribution in [1.82, 2.24) is 0 Å². The average molecular weight is 340 g/mol. The molecule has 0 aliphatic rings. The third-order valence-corrected chi connectivity index (χ3v) is 4.49. The van der Waals surface area contributed by atoms with Gasteiger partial charge < -0.3 is 4.74 Å². The highest BCUT2D eigenvalue weighted by Crippen LogP contribution is 2.16. The standard InChI is InChI=1S/C22H30NO2/c1-20(21-14-8-6-9-15-21)22(24)25-19-13-5-3-2-4-10-16-23-17-11-7-12-18-23/h6-9,11-12,14-15,17-18,20H,2-5,10,13,16,19H2,1H3/q+1/t20-/m0/s1. The molecule has 3 nitrogen and oxygen atoms in total. The van der Waals surface area contributed by atoms with Crippen molar-refractivity contribution >= 4 is 5.97 Å². The number of aryl methyl sites for hydroxylation is 1. The number of hydrogen-bond donors (Lipinski definition) is 0. The summed E-state index contributed by atoms with van der Waals surface area (Å²) in [5, 5.41) is 0. The van der Waals surface area contributed by atoms with Gasteiger partial charge >= 0.3 is 5.97 Å². The molecule has 0 bridgehead atoms. The highest BCUT2D eigenvalue weighted by molar-refractivity contribution is 5.77. The Morgan fingerprint density at radius 2 is 1.48 bits per heavy atom. The molecule has 3 heteroatoms. The molecule has 0 unspecified atom stereocenters. The molecule has 2 aromatic rings. The Kier molecular flexibility index (Phi) is 8.74. The van der Waals surface area contributed by atoms with Crippen LogP contribution in [0.5, 0.6) is 0 Å². The Morgan fingerprint density at radius 1 is 0.880 bits per heavy atom. The van der Waals surface area contributed by atoms with E-state index in [4.69, 9.17) is 4.74 Å². The second-order valence-corrected chi connectivity index (χ2v) is 6.53. The van der Waals surface area contributed by atoms with E-state index in [0.29, 0.717) is 6.61 Å². The van der Waals surface area contributed by atoms with Crippen LogP contribution in [0.1, 0.15) is 56.9 Å². The maximum Gasteiger partial charge on any atom is 0.313 e. The van der Waals surface area contributed by atoms with Crippen LogP contribution >= 0.6 is 0 Å². The second kappa shape index (κ2) is 11.4. The molecule has 0 radical (unpaired) electrons. The summed E-state index contributed by atoms with van der Waals surface area (Å²) in [6.07, 6.45) is 11.3. The summed E-state index contributed by atoms with van der Waals surface area (Å²) in [4.78, 5) is 12.0. The van der Waals surface area contributed by atoms with Crippen LogP contribution in [-0.4, -0.2) is 12.6 Å². The number of esters is 1. The van der Waals surface area contributed by atoms with E-state index in [1.807, 2.05) is 43.3 Å². The van der Waals surface area contributed by atoms with Crippen LogP contribution in [0.2, 0.25) is 0 Å². The van der Waals surface area contributed by atoms with Crippen molar-refractivity contribution in [1.29, 1.82) is 0 Å². The molecular weight excluding hydrogens is 310 g/mol. The fourth-order valence-electron chi connectivity index (χ4n) is 2.86. The van der Waals surface area contributed by atoms with Gasteiger partial charge in [-0.2, -0.15) is 0 Å². The topological polar surface area (TPSA) is 30.2 Å². The van der Waals surface area contributed by atoms with Crippen LogP contribution in [-0.2, 0) is 16.1 Å². The maximum absolute atomic E-state index is 12.0. The maximum atomic E-state index is 12.0. The molecule has 0 aliphatic carbocycles. The van der Waals surface area contributed by atoms with Crippen LogP contribution in [0, 0.1) is 0 Å². The van der Waals surface area contributed by atoms with Gasteiger partial charge in [-0.15, -0.1) is 0 Å². The Hall–Kier alpha value is -2.16. The molecule has 1 atom stereocenters. The van der Waals surface area contributed by atoms with E-state index in [0.717, 1.165) is 24.9 Å². The number of benzene rings is 1. The minimum absolute atomic E-state index is 0.119. The molecule has 0 saturated carbocycles. The summed E-state index contributed by atoms with van der Waals surface area (Å²) in [7, 11) is 0. The number of hydrogen-bond acceptors (Lipinski definition) is 2. The summed E-state index contributed by atoms with van der Waals surface area (Å²) in [6, 6.07) is 16.0. The van der Waals surface area contributed by atoms with Crippen LogP contribution in [0.3, 0.4) is 0 Å². The largest absolute Gasteiger partial charge is 0.465 e. The van der Waals surface area contributed by atoms with E-state index in [1.165, 1.54) is 25.7 Å². The molecule has 25 heavy (non-hydrogen) atoms. The van der Waals surface area contributed by atoms with Crippen molar-refractivity contribution in [3.63, 3.8) is 0 Å². The average Bonchev–Trinajstić information content (AvgIpc) is 2.67. The lowest BCUT2D eigenvalue weighted by Gasteiger charge is -2.11. The lowest BCUT2D eigenvalue weighted by atomic mass is 10.0. The van der Waals surface area contributed by atoms with Gasteiger partial charge in [0.1, 0.15) is 6.54 Å².